The van der Waals surface area contributed by atoms with Crippen LogP contribution in [0.2, 0.25) is 0 Å². The molecule has 2 amide bonds. The van der Waals surface area contributed by atoms with Crippen LogP contribution >= 0.6 is 11.3 Å². The largest absolute Gasteiger partial charge is 0.497 e. The normalized spacial score (nSPS) is 30.2. The topological polar surface area (TPSA) is 96.2 Å². The van der Waals surface area contributed by atoms with Crippen LogP contribution in [0.15, 0.2) is 24.3 Å². The van der Waals surface area contributed by atoms with E-state index in [1.807, 2.05) is 11.8 Å². The third-order valence-electron chi connectivity index (χ3n) is 9.46. The minimum Gasteiger partial charge on any atom is -0.497 e. The van der Waals surface area contributed by atoms with Crippen molar-refractivity contribution in [2.75, 3.05) is 45.7 Å². The summed E-state index contributed by atoms with van der Waals surface area (Å²) in [6, 6.07) is 7.01. The second-order valence-electron chi connectivity index (χ2n) is 11.9. The maximum absolute atomic E-state index is 13.4. The number of aliphatic hydroxyl groups excluding tert-OH is 1. The van der Waals surface area contributed by atoms with Crippen LogP contribution < -0.4 is 15.0 Å². The van der Waals surface area contributed by atoms with Crippen molar-refractivity contribution in [2.45, 2.75) is 52.1 Å². The highest BCUT2D eigenvalue weighted by Crippen LogP contribution is 2.57. The summed E-state index contributed by atoms with van der Waals surface area (Å²) in [5.74, 6) is 0.501. The molecule has 2 aromatic rings. The minimum absolute atomic E-state index is 0.0215. The summed E-state index contributed by atoms with van der Waals surface area (Å²) in [5, 5.41) is 15.3. The molecule has 2 aliphatic carbocycles. The fourth-order valence-electron chi connectivity index (χ4n) is 7.09. The van der Waals surface area contributed by atoms with Crippen LogP contribution in [0.3, 0.4) is 0 Å². The Balaban J connectivity index is 1.31. The number of likely N-dealkylation sites (N-methyl/N-ethyl adjacent to an activating group) is 1. The molecule has 3 N–H and O–H groups in total. The highest BCUT2D eigenvalue weighted by molar-refractivity contribution is 7.15. The average Bonchev–Trinajstić information content (AvgIpc) is 3.30. The number of nitrogens with zero attached hydrogens (tertiary/aromatic N) is 2. The number of quaternary nitrogens is 1. The second kappa shape index (κ2) is 10.6. The molecule has 6 atom stereocenters. The number of methoxy groups -OCH3 is 1. The minimum atomic E-state index is -0.562. The predicted octanol–water partition coefficient (Wildman–Crippen LogP) is 2.45. The number of anilines is 1. The fourth-order valence-corrected chi connectivity index (χ4v) is 8.35. The van der Waals surface area contributed by atoms with Gasteiger partial charge in [-0.1, -0.05) is 20.8 Å². The number of aromatic nitrogens is 1. The third kappa shape index (κ3) is 4.96. The van der Waals surface area contributed by atoms with Crippen LogP contribution in [0.25, 0.3) is 0 Å². The smallest absolute Gasteiger partial charge is 0.257 e. The summed E-state index contributed by atoms with van der Waals surface area (Å²) < 4.78 is 5.18. The first kappa shape index (κ1) is 27.1. The lowest BCUT2D eigenvalue weighted by Crippen LogP contribution is -3.12. The van der Waals surface area contributed by atoms with Gasteiger partial charge in [0.2, 0.25) is 5.91 Å². The Kier molecular flexibility index (Phi) is 7.55. The molecule has 8 nitrogen and oxygen atoms in total. The van der Waals surface area contributed by atoms with Crippen molar-refractivity contribution in [1.82, 2.24) is 9.88 Å². The molecule has 5 unspecified atom stereocenters. The Bertz CT molecular complexity index is 1180. The molecule has 2 fully saturated rings. The number of carbonyl (C=O) groups excluding carboxylic acids is 2. The van der Waals surface area contributed by atoms with Crippen molar-refractivity contribution in [3.8, 4) is 5.75 Å². The molecule has 1 aromatic carbocycles. The van der Waals surface area contributed by atoms with Crippen molar-refractivity contribution in [2.24, 2.45) is 23.2 Å². The first-order chi connectivity index (χ1) is 18.1. The Morgan fingerprint density at radius 1 is 1.26 bits per heavy atom. The van der Waals surface area contributed by atoms with E-state index in [1.54, 1.807) is 42.7 Å². The number of piperazine rings is 1. The van der Waals surface area contributed by atoms with E-state index in [1.165, 1.54) is 9.78 Å². The zero-order chi connectivity index (χ0) is 27.2. The summed E-state index contributed by atoms with van der Waals surface area (Å²) in [6.07, 6.45) is 2.09. The van der Waals surface area contributed by atoms with Crippen molar-refractivity contribution in [3.05, 3.63) is 40.4 Å². The monoisotopic (exact) mass is 541 g/mol. The van der Waals surface area contributed by atoms with Crippen LogP contribution in [0.4, 0.5) is 5.13 Å². The van der Waals surface area contributed by atoms with Gasteiger partial charge in [0.25, 0.3) is 5.91 Å². The van der Waals surface area contributed by atoms with E-state index >= 15 is 0 Å². The van der Waals surface area contributed by atoms with Gasteiger partial charge in [-0.2, -0.15) is 0 Å². The van der Waals surface area contributed by atoms with Crippen LogP contribution in [0.5, 0.6) is 5.75 Å². The molecule has 0 bridgehead atoms. The Morgan fingerprint density at radius 2 is 1.95 bits per heavy atom. The summed E-state index contributed by atoms with van der Waals surface area (Å²) in [7, 11) is 3.77. The van der Waals surface area contributed by atoms with Crippen LogP contribution in [0, 0.1) is 23.2 Å². The van der Waals surface area contributed by atoms with E-state index < -0.39 is 6.10 Å². The molecule has 1 saturated heterocycles. The van der Waals surface area contributed by atoms with Gasteiger partial charge in [-0.3, -0.25) is 14.9 Å². The summed E-state index contributed by atoms with van der Waals surface area (Å²) in [4.78, 5) is 35.7. The van der Waals surface area contributed by atoms with Crippen molar-refractivity contribution < 1.29 is 24.3 Å². The van der Waals surface area contributed by atoms with Crippen LogP contribution in [-0.4, -0.2) is 73.2 Å². The van der Waals surface area contributed by atoms with E-state index in [9.17, 15) is 14.7 Å². The molecule has 2 heterocycles. The maximum Gasteiger partial charge on any atom is 0.257 e. The predicted molar refractivity (Wildman–Crippen MR) is 148 cm³/mol. The van der Waals surface area contributed by atoms with E-state index in [0.29, 0.717) is 16.4 Å². The number of thiazole rings is 1. The van der Waals surface area contributed by atoms with Gasteiger partial charge in [0.15, 0.2) is 5.13 Å². The van der Waals surface area contributed by atoms with Crippen molar-refractivity contribution in [1.29, 1.82) is 0 Å². The standard InChI is InChI=1S/C29H40N4O4S/c1-17(27(36)33-14-12-32(4)13-15-33)21-10-11-29(3)16-22-24(18(2)23(29)25(21)34)30-28(38-22)31-26(35)19-6-8-20(37-5)9-7-19/h6-9,17-18,21,23,25,34H,10-16H2,1-5H3,(H,30,31,35)/p+1/t17?,18?,21?,23?,25?,29-/m0/s1. The zero-order valence-electron chi connectivity index (χ0n) is 23.1. The highest BCUT2D eigenvalue weighted by atomic mass is 32.1. The van der Waals surface area contributed by atoms with E-state index in [0.717, 1.165) is 51.1 Å². The van der Waals surface area contributed by atoms with Crippen LogP contribution in [-0.2, 0) is 11.2 Å². The highest BCUT2D eigenvalue weighted by Gasteiger charge is 2.54. The first-order valence-corrected chi connectivity index (χ1v) is 14.7. The molecule has 5 rings (SSSR count). The molecule has 0 spiro atoms. The second-order valence-corrected chi connectivity index (χ2v) is 13.0. The fraction of sp³-hybridized carbons (Fsp3) is 0.621. The van der Waals surface area contributed by atoms with Gasteiger partial charge in [-0.15, -0.1) is 11.3 Å². The molecule has 1 aromatic heterocycles. The lowest BCUT2D eigenvalue weighted by atomic mass is 9.53. The average molecular weight is 542 g/mol. The number of fused-ring (bicyclic) bond motifs is 2. The van der Waals surface area contributed by atoms with Gasteiger partial charge in [0.05, 0.1) is 52.1 Å². The molecular weight excluding hydrogens is 500 g/mol. The number of ether oxygens (including phenoxy) is 1. The summed E-state index contributed by atoms with van der Waals surface area (Å²) in [5.41, 5.74) is 1.46. The molecule has 1 saturated carbocycles. The number of amides is 2. The number of hydrogen-bond acceptors (Lipinski definition) is 6. The van der Waals surface area contributed by atoms with Gasteiger partial charge in [-0.25, -0.2) is 4.98 Å². The number of aliphatic hydroxyl groups is 1. The van der Waals surface area contributed by atoms with E-state index in [2.05, 4.69) is 26.2 Å². The number of benzene rings is 1. The maximum atomic E-state index is 13.4. The van der Waals surface area contributed by atoms with E-state index in [4.69, 9.17) is 9.72 Å². The molecule has 9 heteroatoms. The SMILES string of the molecule is COc1ccc(C(=O)Nc2nc3c(s2)C[C@]2(C)CCC(C(C)C(=O)N4CC[NH+](C)CC4)C(O)C2C3C)cc1. The number of rotatable bonds is 5. The van der Waals surface area contributed by atoms with Crippen molar-refractivity contribution >= 4 is 28.3 Å². The lowest BCUT2D eigenvalue weighted by molar-refractivity contribution is -0.883. The number of carbonyl (C=O) groups is 2. The Morgan fingerprint density at radius 3 is 2.61 bits per heavy atom. The number of hydrogen-bond donors (Lipinski definition) is 3. The first-order valence-electron chi connectivity index (χ1n) is 13.8. The quantitative estimate of drug-likeness (QED) is 0.541. The third-order valence-corrected chi connectivity index (χ3v) is 10.4. The van der Waals surface area contributed by atoms with Gasteiger partial charge < -0.3 is 19.6 Å². The van der Waals surface area contributed by atoms with Gasteiger partial charge in [0.1, 0.15) is 5.75 Å². The molecule has 1 aliphatic heterocycles. The summed E-state index contributed by atoms with van der Waals surface area (Å²) >= 11 is 1.54. The number of nitrogens with one attached hydrogen (secondary N) is 2. The molecule has 0 radical (unpaired) electrons. The molecule has 38 heavy (non-hydrogen) atoms. The van der Waals surface area contributed by atoms with Gasteiger partial charge in [-0.05, 0) is 60.8 Å². The molecular formula is C29H41N4O4S+. The Hall–Kier alpha value is -2.49. The van der Waals surface area contributed by atoms with E-state index in [-0.39, 0.29) is 40.9 Å². The van der Waals surface area contributed by atoms with Gasteiger partial charge >= 0.3 is 0 Å². The van der Waals surface area contributed by atoms with Gasteiger partial charge in [0, 0.05) is 22.3 Å². The molecule has 3 aliphatic rings. The zero-order valence-corrected chi connectivity index (χ0v) is 23.9. The molecule has 206 valence electrons. The lowest BCUT2D eigenvalue weighted by Gasteiger charge is -2.53. The summed E-state index contributed by atoms with van der Waals surface area (Å²) in [6.45, 7) is 9.99. The van der Waals surface area contributed by atoms with Crippen molar-refractivity contribution in [3.63, 3.8) is 0 Å². The van der Waals surface area contributed by atoms with Crippen LogP contribution in [0.1, 0.15) is 60.5 Å². The Labute approximate surface area is 229 Å².